The molecule has 2 aromatic rings. The predicted molar refractivity (Wildman–Crippen MR) is 83.3 cm³/mol. The molecule has 0 fully saturated rings. The fourth-order valence-corrected chi connectivity index (χ4v) is 1.98. The van der Waals surface area contributed by atoms with E-state index in [1.165, 1.54) is 0 Å². The maximum Gasteiger partial charge on any atom is 0.125 e. The molecule has 0 aliphatic heterocycles. The molecule has 0 spiro atoms. The van der Waals surface area contributed by atoms with Gasteiger partial charge in [-0.25, -0.2) is 0 Å². The Labute approximate surface area is 129 Å². The summed E-state index contributed by atoms with van der Waals surface area (Å²) >= 11 is 5.95. The molecule has 0 atom stereocenters. The van der Waals surface area contributed by atoms with Crippen molar-refractivity contribution < 1.29 is 14.2 Å². The molecule has 0 saturated carbocycles. The molecule has 0 saturated heterocycles. The Bertz CT molecular complexity index is 572. The molecular weight excluding hydrogens is 290 g/mol. The van der Waals surface area contributed by atoms with Crippen LogP contribution in [0.5, 0.6) is 17.2 Å². The Hall–Kier alpha value is -1.91. The lowest BCUT2D eigenvalue weighted by molar-refractivity contribution is 0.216. The van der Waals surface area contributed by atoms with Gasteiger partial charge in [-0.15, -0.1) is 0 Å². The molecular formula is C16H18ClNO3. The molecule has 0 bridgehead atoms. The summed E-state index contributed by atoms with van der Waals surface area (Å²) in [6, 6.07) is 12.8. The Morgan fingerprint density at radius 1 is 0.952 bits per heavy atom. The van der Waals surface area contributed by atoms with Crippen LogP contribution in [0.3, 0.4) is 0 Å². The van der Waals surface area contributed by atoms with Crippen LogP contribution >= 0.6 is 11.6 Å². The zero-order valence-corrected chi connectivity index (χ0v) is 12.6. The van der Waals surface area contributed by atoms with Crippen molar-refractivity contribution in [3.63, 3.8) is 0 Å². The molecule has 0 aromatic heterocycles. The van der Waals surface area contributed by atoms with E-state index in [0.29, 0.717) is 30.5 Å². The highest BCUT2D eigenvalue weighted by atomic mass is 35.5. The first-order valence-electron chi connectivity index (χ1n) is 6.61. The van der Waals surface area contributed by atoms with Gasteiger partial charge < -0.3 is 19.9 Å². The molecule has 0 radical (unpaired) electrons. The third-order valence-corrected chi connectivity index (χ3v) is 3.15. The van der Waals surface area contributed by atoms with Crippen molar-refractivity contribution in [2.24, 2.45) is 5.73 Å². The fourth-order valence-electron chi connectivity index (χ4n) is 1.81. The normalized spacial score (nSPS) is 10.2. The number of ether oxygens (including phenoxy) is 3. The summed E-state index contributed by atoms with van der Waals surface area (Å²) in [5, 5.41) is 0.623. The van der Waals surface area contributed by atoms with Gasteiger partial charge in [0.1, 0.15) is 30.5 Å². The summed E-state index contributed by atoms with van der Waals surface area (Å²) in [5.74, 6) is 2.26. The number of halogens is 1. The van der Waals surface area contributed by atoms with Crippen molar-refractivity contribution in [3.8, 4) is 17.2 Å². The number of rotatable bonds is 7. The summed E-state index contributed by atoms with van der Waals surface area (Å²) in [4.78, 5) is 0. The summed E-state index contributed by atoms with van der Waals surface area (Å²) in [6.45, 7) is 1.26. The van der Waals surface area contributed by atoms with Gasteiger partial charge >= 0.3 is 0 Å². The summed E-state index contributed by atoms with van der Waals surface area (Å²) < 4.78 is 16.3. The van der Waals surface area contributed by atoms with E-state index in [-0.39, 0.29) is 0 Å². The van der Waals surface area contributed by atoms with Gasteiger partial charge in [-0.1, -0.05) is 17.7 Å². The van der Waals surface area contributed by atoms with Crippen molar-refractivity contribution in [2.45, 2.75) is 6.54 Å². The minimum atomic E-state index is 0.409. The minimum absolute atomic E-state index is 0.409. The third-order valence-electron chi connectivity index (χ3n) is 2.92. The molecule has 2 rings (SSSR count). The largest absolute Gasteiger partial charge is 0.497 e. The SMILES string of the molecule is COc1ccc(OCCOc2cc(Cl)ccc2CN)cc1. The van der Waals surface area contributed by atoms with Crippen LogP contribution in [0.15, 0.2) is 42.5 Å². The standard InChI is InChI=1S/C16H18ClNO3/c1-19-14-4-6-15(7-5-14)20-8-9-21-16-10-13(17)3-2-12(16)11-18/h2-7,10H,8-9,11,18H2,1H3. The minimum Gasteiger partial charge on any atom is -0.497 e. The smallest absolute Gasteiger partial charge is 0.125 e. The van der Waals surface area contributed by atoms with E-state index >= 15 is 0 Å². The lowest BCUT2D eigenvalue weighted by atomic mass is 10.2. The topological polar surface area (TPSA) is 53.7 Å². The average molecular weight is 308 g/mol. The van der Waals surface area contributed by atoms with Gasteiger partial charge in [0.15, 0.2) is 0 Å². The van der Waals surface area contributed by atoms with Gasteiger partial charge in [0.2, 0.25) is 0 Å². The molecule has 0 heterocycles. The highest BCUT2D eigenvalue weighted by Gasteiger charge is 2.03. The second-order valence-corrected chi connectivity index (χ2v) is 4.77. The van der Waals surface area contributed by atoms with Crippen molar-refractivity contribution in [1.29, 1.82) is 0 Å². The molecule has 2 aromatic carbocycles. The van der Waals surface area contributed by atoms with Crippen LogP contribution in [0.2, 0.25) is 5.02 Å². The molecule has 0 aliphatic carbocycles. The van der Waals surface area contributed by atoms with E-state index in [1.54, 1.807) is 19.2 Å². The van der Waals surface area contributed by atoms with Crippen molar-refractivity contribution in [3.05, 3.63) is 53.1 Å². The first-order valence-corrected chi connectivity index (χ1v) is 6.99. The van der Waals surface area contributed by atoms with Crippen LogP contribution in [-0.4, -0.2) is 20.3 Å². The maximum absolute atomic E-state index is 5.95. The van der Waals surface area contributed by atoms with E-state index in [4.69, 9.17) is 31.5 Å². The van der Waals surface area contributed by atoms with E-state index in [1.807, 2.05) is 30.3 Å². The molecule has 2 N–H and O–H groups in total. The zero-order valence-electron chi connectivity index (χ0n) is 11.8. The van der Waals surface area contributed by atoms with Crippen LogP contribution in [0.1, 0.15) is 5.56 Å². The van der Waals surface area contributed by atoms with Crippen LogP contribution in [0.25, 0.3) is 0 Å². The number of hydrogen-bond acceptors (Lipinski definition) is 4. The molecule has 112 valence electrons. The van der Waals surface area contributed by atoms with Gasteiger partial charge in [-0.2, -0.15) is 0 Å². The number of benzene rings is 2. The predicted octanol–water partition coefficient (Wildman–Crippen LogP) is 3.27. The molecule has 4 nitrogen and oxygen atoms in total. The zero-order chi connectivity index (χ0) is 15.1. The summed E-state index contributed by atoms with van der Waals surface area (Å²) in [5.41, 5.74) is 6.58. The van der Waals surface area contributed by atoms with Crippen LogP contribution < -0.4 is 19.9 Å². The molecule has 5 heteroatoms. The van der Waals surface area contributed by atoms with E-state index in [0.717, 1.165) is 17.1 Å². The second-order valence-electron chi connectivity index (χ2n) is 4.33. The number of hydrogen-bond donors (Lipinski definition) is 1. The Kier molecular flexibility index (Phi) is 5.72. The van der Waals surface area contributed by atoms with Crippen LogP contribution in [0.4, 0.5) is 0 Å². The Morgan fingerprint density at radius 3 is 2.29 bits per heavy atom. The first-order chi connectivity index (χ1) is 10.2. The second kappa shape index (κ2) is 7.76. The van der Waals surface area contributed by atoms with Gasteiger partial charge in [-0.05, 0) is 36.4 Å². The molecule has 0 unspecified atom stereocenters. The van der Waals surface area contributed by atoms with Crippen LogP contribution in [0, 0.1) is 0 Å². The molecule has 0 aliphatic rings. The Balaban J connectivity index is 1.82. The lowest BCUT2D eigenvalue weighted by Gasteiger charge is -2.12. The average Bonchev–Trinajstić information content (AvgIpc) is 2.52. The van der Waals surface area contributed by atoms with Crippen molar-refractivity contribution >= 4 is 11.6 Å². The molecule has 21 heavy (non-hydrogen) atoms. The van der Waals surface area contributed by atoms with Crippen molar-refractivity contribution in [1.82, 2.24) is 0 Å². The van der Waals surface area contributed by atoms with E-state index in [2.05, 4.69) is 0 Å². The van der Waals surface area contributed by atoms with Gasteiger partial charge in [0.25, 0.3) is 0 Å². The van der Waals surface area contributed by atoms with Gasteiger partial charge in [0.05, 0.1) is 7.11 Å². The van der Waals surface area contributed by atoms with Gasteiger partial charge in [0, 0.05) is 17.1 Å². The van der Waals surface area contributed by atoms with Gasteiger partial charge in [-0.3, -0.25) is 0 Å². The fraction of sp³-hybridized carbons (Fsp3) is 0.250. The summed E-state index contributed by atoms with van der Waals surface area (Å²) in [7, 11) is 1.63. The van der Waals surface area contributed by atoms with E-state index in [9.17, 15) is 0 Å². The highest BCUT2D eigenvalue weighted by molar-refractivity contribution is 6.30. The quantitative estimate of drug-likeness (QED) is 0.798. The summed E-state index contributed by atoms with van der Waals surface area (Å²) in [6.07, 6.45) is 0. The number of nitrogens with two attached hydrogens (primary N) is 1. The lowest BCUT2D eigenvalue weighted by Crippen LogP contribution is -2.11. The molecule has 0 amide bonds. The van der Waals surface area contributed by atoms with E-state index < -0.39 is 0 Å². The first kappa shape index (κ1) is 15.5. The highest BCUT2D eigenvalue weighted by Crippen LogP contribution is 2.23. The van der Waals surface area contributed by atoms with Crippen LogP contribution in [-0.2, 0) is 6.54 Å². The number of methoxy groups -OCH3 is 1. The third kappa shape index (κ3) is 4.55. The monoisotopic (exact) mass is 307 g/mol. The Morgan fingerprint density at radius 2 is 1.62 bits per heavy atom. The maximum atomic E-state index is 5.95. The van der Waals surface area contributed by atoms with Crippen molar-refractivity contribution in [2.75, 3.05) is 20.3 Å².